The predicted molar refractivity (Wildman–Crippen MR) is 129 cm³/mol. The third-order valence-electron chi connectivity index (χ3n) is 6.89. The molecule has 3 aromatic rings. The molecule has 2 aromatic carbocycles. The van der Waals surface area contributed by atoms with Gasteiger partial charge in [0.05, 0.1) is 22.3 Å². The number of aromatic nitrogens is 2. The van der Waals surface area contributed by atoms with Crippen molar-refractivity contribution in [3.63, 3.8) is 0 Å². The quantitative estimate of drug-likeness (QED) is 0.400. The Balaban J connectivity index is 1.45. The zero-order valence-corrected chi connectivity index (χ0v) is 20.0. The van der Waals surface area contributed by atoms with Gasteiger partial charge in [0.1, 0.15) is 5.82 Å². The van der Waals surface area contributed by atoms with Gasteiger partial charge in [0.2, 0.25) is 5.91 Å². The number of hydrogen-bond donors (Lipinski definition) is 0. The number of para-hydroxylation sites is 1. The van der Waals surface area contributed by atoms with Crippen molar-refractivity contribution in [2.75, 3.05) is 12.3 Å². The Kier molecular flexibility index (Phi) is 5.35. The summed E-state index contributed by atoms with van der Waals surface area (Å²) in [6, 6.07) is 13.2. The molecule has 33 heavy (non-hydrogen) atoms. The molecule has 1 aliphatic carbocycles. The average Bonchev–Trinajstić information content (AvgIpc) is 3.01. The summed E-state index contributed by atoms with van der Waals surface area (Å²) < 4.78 is 15.0. The molecule has 0 spiro atoms. The lowest BCUT2D eigenvalue weighted by molar-refractivity contribution is -0.129. The first-order valence-electron chi connectivity index (χ1n) is 11.3. The highest BCUT2D eigenvalue weighted by molar-refractivity contribution is 7.99. The Morgan fingerprint density at radius 1 is 1.12 bits per heavy atom. The molecular weight excluding hydrogens is 437 g/mol. The Morgan fingerprint density at radius 3 is 2.61 bits per heavy atom. The summed E-state index contributed by atoms with van der Waals surface area (Å²) >= 11 is 1.27. The minimum absolute atomic E-state index is 0.0829. The Bertz CT molecular complexity index is 1290. The predicted octanol–water partition coefficient (Wildman–Crippen LogP) is 5.04. The van der Waals surface area contributed by atoms with E-state index in [4.69, 9.17) is 4.98 Å². The van der Waals surface area contributed by atoms with E-state index in [1.807, 2.05) is 11.0 Å². The van der Waals surface area contributed by atoms with Crippen LogP contribution in [0.3, 0.4) is 0 Å². The molecule has 5 nitrogen and oxygen atoms in total. The van der Waals surface area contributed by atoms with E-state index in [1.54, 1.807) is 30.3 Å². The maximum Gasteiger partial charge on any atom is 0.266 e. The highest BCUT2D eigenvalue weighted by atomic mass is 32.2. The van der Waals surface area contributed by atoms with Crippen molar-refractivity contribution < 1.29 is 9.18 Å². The summed E-state index contributed by atoms with van der Waals surface area (Å²) in [6.07, 6.45) is 3.21. The fourth-order valence-corrected chi connectivity index (χ4v) is 6.89. The van der Waals surface area contributed by atoms with Gasteiger partial charge in [-0.1, -0.05) is 44.7 Å². The SMILES string of the molecule is CC1(C)CC2CC(C)(CN2C(=O)CSc2nc3ccccc3c(=O)n2-c2ccc(F)cc2)C1. The number of halogens is 1. The fourth-order valence-electron chi connectivity index (χ4n) is 5.99. The molecule has 7 heteroatoms. The molecule has 2 aliphatic rings. The van der Waals surface area contributed by atoms with Gasteiger partial charge in [0.25, 0.3) is 5.56 Å². The molecular formula is C26H28FN3O2S. The largest absolute Gasteiger partial charge is 0.338 e. The van der Waals surface area contributed by atoms with Crippen LogP contribution in [-0.2, 0) is 4.79 Å². The first kappa shape index (κ1) is 22.1. The molecule has 2 atom stereocenters. The normalized spacial score (nSPS) is 23.8. The van der Waals surface area contributed by atoms with Crippen LogP contribution in [0.2, 0.25) is 0 Å². The van der Waals surface area contributed by atoms with Gasteiger partial charge in [0, 0.05) is 12.6 Å². The minimum atomic E-state index is -0.374. The van der Waals surface area contributed by atoms with Crippen LogP contribution in [0, 0.1) is 16.6 Å². The van der Waals surface area contributed by atoms with Crippen LogP contribution in [0.5, 0.6) is 0 Å². The second-order valence-electron chi connectivity index (χ2n) is 10.6. The number of hydrogen-bond acceptors (Lipinski definition) is 4. The van der Waals surface area contributed by atoms with Crippen LogP contribution >= 0.6 is 11.8 Å². The van der Waals surface area contributed by atoms with Gasteiger partial charge in [-0.15, -0.1) is 0 Å². The van der Waals surface area contributed by atoms with E-state index >= 15 is 0 Å². The summed E-state index contributed by atoms with van der Waals surface area (Å²) in [6.45, 7) is 7.66. The first-order chi connectivity index (χ1) is 15.6. The lowest BCUT2D eigenvalue weighted by Gasteiger charge is -2.39. The highest BCUT2D eigenvalue weighted by Gasteiger charge is 2.50. The molecule has 1 saturated carbocycles. The first-order valence-corrected chi connectivity index (χ1v) is 12.3. The lowest BCUT2D eigenvalue weighted by atomic mass is 9.65. The van der Waals surface area contributed by atoms with Crippen molar-refractivity contribution in [2.24, 2.45) is 10.8 Å². The van der Waals surface area contributed by atoms with Gasteiger partial charge in [-0.3, -0.25) is 14.2 Å². The monoisotopic (exact) mass is 465 g/mol. The molecule has 2 unspecified atom stereocenters. The van der Waals surface area contributed by atoms with E-state index in [9.17, 15) is 14.0 Å². The van der Waals surface area contributed by atoms with Crippen molar-refractivity contribution in [1.29, 1.82) is 0 Å². The van der Waals surface area contributed by atoms with Crippen molar-refractivity contribution in [2.45, 2.75) is 51.2 Å². The summed E-state index contributed by atoms with van der Waals surface area (Å²) in [5, 5.41) is 0.924. The third kappa shape index (κ3) is 4.19. The molecule has 2 fully saturated rings. The molecule has 0 radical (unpaired) electrons. The molecule has 1 aliphatic heterocycles. The van der Waals surface area contributed by atoms with E-state index in [-0.39, 0.29) is 39.9 Å². The third-order valence-corrected chi connectivity index (χ3v) is 7.81. The van der Waals surface area contributed by atoms with E-state index in [0.29, 0.717) is 21.7 Å². The van der Waals surface area contributed by atoms with E-state index in [2.05, 4.69) is 20.8 Å². The highest BCUT2D eigenvalue weighted by Crippen LogP contribution is 2.52. The maximum atomic E-state index is 13.5. The van der Waals surface area contributed by atoms with Gasteiger partial charge < -0.3 is 4.90 Å². The standard InChI is InChI=1S/C26H28FN3O2S/c1-25(2)12-19-13-26(3,15-25)16-29(19)22(31)14-33-24-28-21-7-5-4-6-20(21)23(32)30(24)18-10-8-17(27)9-11-18/h4-11,19H,12-16H2,1-3H3. The van der Waals surface area contributed by atoms with Gasteiger partial charge in [-0.25, -0.2) is 9.37 Å². The smallest absolute Gasteiger partial charge is 0.266 e. The summed E-state index contributed by atoms with van der Waals surface area (Å²) in [4.78, 5) is 33.4. The number of carbonyl (C=O) groups excluding carboxylic acids is 1. The van der Waals surface area contributed by atoms with Gasteiger partial charge in [-0.2, -0.15) is 0 Å². The Labute approximate surface area is 197 Å². The molecule has 1 aromatic heterocycles. The number of fused-ring (bicyclic) bond motifs is 3. The second-order valence-corrected chi connectivity index (χ2v) is 11.5. The van der Waals surface area contributed by atoms with Gasteiger partial charge in [-0.05, 0) is 66.5 Å². The summed E-state index contributed by atoms with van der Waals surface area (Å²) in [7, 11) is 0. The van der Waals surface area contributed by atoms with Gasteiger partial charge >= 0.3 is 0 Å². The van der Waals surface area contributed by atoms with Crippen molar-refractivity contribution in [3.8, 4) is 5.69 Å². The summed E-state index contributed by atoms with van der Waals surface area (Å²) in [5.74, 6) is -0.0834. The maximum absolute atomic E-state index is 13.5. The van der Waals surface area contributed by atoms with Crippen LogP contribution in [-0.4, -0.2) is 38.7 Å². The molecule has 5 rings (SSSR count). The van der Waals surface area contributed by atoms with Crippen LogP contribution in [0.15, 0.2) is 58.5 Å². The average molecular weight is 466 g/mol. The number of thioether (sulfide) groups is 1. The van der Waals surface area contributed by atoms with Crippen LogP contribution in [0.1, 0.15) is 40.0 Å². The topological polar surface area (TPSA) is 55.2 Å². The number of amides is 1. The number of benzene rings is 2. The number of nitrogens with zero attached hydrogens (tertiary/aromatic N) is 3. The fraction of sp³-hybridized carbons (Fsp3) is 0.423. The molecule has 1 amide bonds. The number of carbonyl (C=O) groups is 1. The Morgan fingerprint density at radius 2 is 1.85 bits per heavy atom. The van der Waals surface area contributed by atoms with Gasteiger partial charge in [0.15, 0.2) is 5.16 Å². The molecule has 172 valence electrons. The molecule has 2 heterocycles. The van der Waals surface area contributed by atoms with E-state index in [0.717, 1.165) is 25.8 Å². The molecule has 0 N–H and O–H groups in total. The lowest BCUT2D eigenvalue weighted by Crippen LogP contribution is -2.38. The van der Waals surface area contributed by atoms with E-state index < -0.39 is 0 Å². The number of rotatable bonds is 4. The molecule has 2 bridgehead atoms. The zero-order chi connectivity index (χ0) is 23.4. The van der Waals surface area contributed by atoms with Crippen LogP contribution in [0.25, 0.3) is 16.6 Å². The van der Waals surface area contributed by atoms with Crippen molar-refractivity contribution in [1.82, 2.24) is 14.5 Å². The van der Waals surface area contributed by atoms with E-state index in [1.165, 1.54) is 28.5 Å². The second kappa shape index (κ2) is 7.97. The molecule has 1 saturated heterocycles. The van der Waals surface area contributed by atoms with Crippen molar-refractivity contribution >= 4 is 28.6 Å². The van der Waals surface area contributed by atoms with Crippen molar-refractivity contribution in [3.05, 3.63) is 64.7 Å². The zero-order valence-electron chi connectivity index (χ0n) is 19.2. The van der Waals surface area contributed by atoms with Crippen LogP contribution in [0.4, 0.5) is 4.39 Å². The van der Waals surface area contributed by atoms with Crippen LogP contribution < -0.4 is 5.56 Å². The Hall–Kier alpha value is -2.67. The summed E-state index contributed by atoms with van der Waals surface area (Å²) in [5.41, 5.74) is 1.30. The minimum Gasteiger partial charge on any atom is -0.338 e. The number of likely N-dealkylation sites (tertiary alicyclic amines) is 1.